The van der Waals surface area contributed by atoms with E-state index in [1.807, 2.05) is 55.4 Å². The highest BCUT2D eigenvalue weighted by Gasteiger charge is 2.45. The first kappa shape index (κ1) is 77.6. The van der Waals surface area contributed by atoms with Gasteiger partial charge in [-0.2, -0.15) is 0 Å². The van der Waals surface area contributed by atoms with Crippen LogP contribution >= 0.6 is 0 Å². The molecule has 0 bridgehead atoms. The van der Waals surface area contributed by atoms with Gasteiger partial charge in [0.05, 0.1) is 12.6 Å². The van der Waals surface area contributed by atoms with Crippen molar-refractivity contribution in [2.45, 2.75) is 216 Å². The van der Waals surface area contributed by atoms with Crippen molar-refractivity contribution in [3.63, 3.8) is 0 Å². The van der Waals surface area contributed by atoms with E-state index in [-0.39, 0.29) is 62.2 Å². The zero-order chi connectivity index (χ0) is 66.7. The zero-order valence-corrected chi connectivity index (χ0v) is 56.3. The lowest BCUT2D eigenvalue weighted by molar-refractivity contribution is -0.157. The van der Waals surface area contributed by atoms with Crippen molar-refractivity contribution in [1.82, 2.24) is 55.6 Å². The molecule has 12 atom stereocenters. The molecule has 1 rings (SSSR count). The van der Waals surface area contributed by atoms with Crippen LogP contribution in [0.3, 0.4) is 0 Å². The lowest BCUT2D eigenvalue weighted by atomic mass is 9.91. The normalized spacial score (nSPS) is 26.7. The van der Waals surface area contributed by atoms with E-state index in [9.17, 15) is 48.3 Å². The molecule has 0 spiro atoms. The molecule has 23 heteroatoms. The van der Waals surface area contributed by atoms with E-state index in [0.29, 0.717) is 0 Å². The molecule has 0 radical (unpaired) electrons. The molecule has 23 nitrogen and oxygen atoms in total. The minimum absolute atomic E-state index is 0.0125. The molecule has 0 saturated carbocycles. The summed E-state index contributed by atoms with van der Waals surface area (Å²) in [4.78, 5) is 169. The van der Waals surface area contributed by atoms with Gasteiger partial charge in [0.15, 0.2) is 0 Å². The number of aliphatic hydroxyl groups is 1. The van der Waals surface area contributed by atoms with Gasteiger partial charge in [-0.05, 0) is 93.8 Å². The van der Waals surface area contributed by atoms with Gasteiger partial charge in [-0.1, -0.05) is 122 Å². The second-order valence-corrected chi connectivity index (χ2v) is 26.2. The van der Waals surface area contributed by atoms with E-state index in [1.54, 1.807) is 59.8 Å². The van der Waals surface area contributed by atoms with Crippen LogP contribution in [0.25, 0.3) is 0 Å². The fourth-order valence-electron chi connectivity index (χ4n) is 10.7. The van der Waals surface area contributed by atoms with E-state index < -0.39 is 156 Å². The Hall–Kier alpha value is -6.39. The second-order valence-electron chi connectivity index (χ2n) is 26.2. The first-order chi connectivity index (χ1) is 39.7. The third-order valence-corrected chi connectivity index (χ3v) is 16.1. The summed E-state index contributed by atoms with van der Waals surface area (Å²) < 4.78 is 0. The third-order valence-electron chi connectivity index (χ3n) is 16.1. The highest BCUT2D eigenvalue weighted by Crippen LogP contribution is 2.26. The average Bonchev–Trinajstić information content (AvgIpc) is 3.63. The summed E-state index contributed by atoms with van der Waals surface area (Å²) in [6.07, 6.45) is 4.30. The van der Waals surface area contributed by atoms with Crippen LogP contribution < -0.4 is 21.3 Å². The Morgan fingerprint density at radius 3 is 1.35 bits per heavy atom. The first-order valence-electron chi connectivity index (χ1n) is 30.7. The smallest absolute Gasteiger partial charge is 0.246 e. The Labute approximate surface area is 514 Å². The first-order valence-corrected chi connectivity index (χ1v) is 30.7. The Morgan fingerprint density at radius 1 is 0.477 bits per heavy atom. The second kappa shape index (κ2) is 35.4. The van der Waals surface area contributed by atoms with Crippen LogP contribution in [0.4, 0.5) is 0 Å². The Morgan fingerprint density at radius 2 is 0.895 bits per heavy atom. The number of nitrogens with zero attached hydrogens (tertiary/aromatic N) is 7. The van der Waals surface area contributed by atoms with Gasteiger partial charge in [-0.15, -0.1) is 0 Å². The van der Waals surface area contributed by atoms with Crippen LogP contribution in [-0.2, 0) is 52.7 Å². The summed E-state index contributed by atoms with van der Waals surface area (Å²) in [5.41, 5.74) is 0. The van der Waals surface area contributed by atoms with Crippen molar-refractivity contribution in [2.24, 2.45) is 41.4 Å². The lowest BCUT2D eigenvalue weighted by Crippen LogP contribution is -2.63. The molecule has 0 aromatic heterocycles. The summed E-state index contributed by atoms with van der Waals surface area (Å²) in [6.45, 7) is 31.2. The monoisotopic (exact) mass is 1210 g/mol. The van der Waals surface area contributed by atoms with Crippen LogP contribution in [0, 0.1) is 41.4 Å². The number of hydrogen-bond acceptors (Lipinski definition) is 12. The van der Waals surface area contributed by atoms with Crippen molar-refractivity contribution < 1.29 is 57.8 Å². The number of amides is 11. The maximum atomic E-state index is 15.2. The molecule has 1 heterocycles. The van der Waals surface area contributed by atoms with E-state index >= 15 is 9.59 Å². The van der Waals surface area contributed by atoms with Crippen molar-refractivity contribution in [3.8, 4) is 0 Å². The predicted molar refractivity (Wildman–Crippen MR) is 333 cm³/mol. The number of carbonyl (C=O) groups excluding carboxylic acids is 11. The fraction of sp³-hybridized carbons (Fsp3) is 0.762. The van der Waals surface area contributed by atoms with Crippen molar-refractivity contribution in [1.29, 1.82) is 0 Å². The number of rotatable bonds is 16. The topological polar surface area (TPSA) is 279 Å². The molecular formula is C63H111N11O12. The molecule has 10 unspecified atom stereocenters. The van der Waals surface area contributed by atoms with Crippen LogP contribution in [0.2, 0.25) is 0 Å². The van der Waals surface area contributed by atoms with Gasteiger partial charge in [0.1, 0.15) is 60.4 Å². The predicted octanol–water partition coefficient (Wildman–Crippen LogP) is 3.44. The van der Waals surface area contributed by atoms with E-state index in [1.165, 1.54) is 87.7 Å². The maximum Gasteiger partial charge on any atom is 0.246 e. The number of likely N-dealkylation sites (N-methyl/N-ethyl adjacent to an activating group) is 7. The molecule has 11 amide bonds. The third kappa shape index (κ3) is 21.8. The molecule has 1 aliphatic heterocycles. The van der Waals surface area contributed by atoms with Crippen LogP contribution in [0.1, 0.15) is 149 Å². The van der Waals surface area contributed by atoms with Gasteiger partial charge >= 0.3 is 0 Å². The SMILES string of the molecule is C=C/C=C/C[C@@H](C)[C@@H](O)C1C(=O)NC(CC)C(=O)N(C)CC(=O)N(C)C(CC(C)C)C(=O)NC(C(C)C)C(=O)N(C)C(CC(C)C)C(=O)NC(C)C(=O)NC(C)C(=O)N(C)C(CC(C)C)C(=O)N(C)C(CC(C)C)C(=O)N(C)C(C(C)C)C(=O)N1C. The van der Waals surface area contributed by atoms with Gasteiger partial charge in [-0.25, -0.2) is 0 Å². The molecule has 0 aromatic rings. The van der Waals surface area contributed by atoms with Gasteiger partial charge in [0, 0.05) is 49.3 Å². The summed E-state index contributed by atoms with van der Waals surface area (Å²) >= 11 is 0. The zero-order valence-electron chi connectivity index (χ0n) is 56.3. The van der Waals surface area contributed by atoms with Crippen LogP contribution in [-0.4, -0.2) is 227 Å². The number of nitrogens with one attached hydrogen (secondary N) is 4. The molecule has 1 saturated heterocycles. The quantitative estimate of drug-likeness (QED) is 0.139. The Balaban J connectivity index is 4.34. The van der Waals surface area contributed by atoms with E-state index in [0.717, 1.165) is 9.80 Å². The van der Waals surface area contributed by atoms with Gasteiger partial charge in [-0.3, -0.25) is 52.7 Å². The van der Waals surface area contributed by atoms with Crippen molar-refractivity contribution in [3.05, 3.63) is 24.8 Å². The minimum atomic E-state index is -1.64. The van der Waals surface area contributed by atoms with Crippen LogP contribution in [0.15, 0.2) is 24.8 Å². The summed E-state index contributed by atoms with van der Waals surface area (Å²) in [7, 11) is 9.88. The maximum absolute atomic E-state index is 15.2. The standard InChI is InChI=1S/C63H111N11O12/c1-25-27-28-29-41(15)53(76)52-57(80)66-44(26-2)59(82)68(18)34-49(75)69(19)45(30-35(3)4)56(79)67-50(39(11)12)62(85)70(20)46(31-36(5)6)55(78)64-42(16)54(77)65-43(17)58(81)71(21)47(32-37(7)8)60(83)72(22)48(33-38(9)10)61(84)73(23)51(40(13)14)63(86)74(52)24/h25,27-28,35-48,50-53,76H,1,26,29-34H2,2-24H3,(H,64,78)(H,65,77)(H,66,80)(H,67,79)/b28-27+/t41-,42?,43?,44?,45?,46?,47?,48?,50?,51?,52?,53-/m1/s1. The molecule has 0 aromatic carbocycles. The Bertz CT molecular complexity index is 2380. The van der Waals surface area contributed by atoms with Crippen LogP contribution in [0.5, 0.6) is 0 Å². The Kier molecular flexibility index (Phi) is 32.0. The summed E-state index contributed by atoms with van der Waals surface area (Å²) in [6, 6.07) is -12.4. The van der Waals surface area contributed by atoms with Gasteiger partial charge in [0.25, 0.3) is 0 Å². The highest BCUT2D eigenvalue weighted by molar-refractivity contribution is 5.99. The average molecular weight is 1210 g/mol. The molecule has 5 N–H and O–H groups in total. The molecule has 1 fully saturated rings. The fourth-order valence-corrected chi connectivity index (χ4v) is 10.7. The highest BCUT2D eigenvalue weighted by atomic mass is 16.3. The largest absolute Gasteiger partial charge is 0.390 e. The molecule has 0 aliphatic carbocycles. The van der Waals surface area contributed by atoms with E-state index in [2.05, 4.69) is 27.8 Å². The lowest BCUT2D eigenvalue weighted by Gasteiger charge is -2.41. The number of aliphatic hydroxyl groups excluding tert-OH is 1. The minimum Gasteiger partial charge on any atom is -0.390 e. The van der Waals surface area contributed by atoms with Crippen molar-refractivity contribution in [2.75, 3.05) is 55.9 Å². The number of allylic oxidation sites excluding steroid dienone is 3. The summed E-state index contributed by atoms with van der Waals surface area (Å²) in [5, 5.41) is 23.1. The summed E-state index contributed by atoms with van der Waals surface area (Å²) in [5.74, 6) is -9.86. The van der Waals surface area contributed by atoms with Crippen molar-refractivity contribution >= 4 is 65.0 Å². The molecule has 86 heavy (non-hydrogen) atoms. The van der Waals surface area contributed by atoms with Gasteiger partial charge < -0.3 is 60.7 Å². The van der Waals surface area contributed by atoms with E-state index in [4.69, 9.17) is 0 Å². The molecule has 490 valence electrons. The number of hydrogen-bond donors (Lipinski definition) is 5. The van der Waals surface area contributed by atoms with Gasteiger partial charge in [0.2, 0.25) is 65.0 Å². The molecule has 1 aliphatic rings. The number of carbonyl (C=O) groups is 11. The molecular weight excluding hydrogens is 1100 g/mol.